The van der Waals surface area contributed by atoms with Crippen molar-refractivity contribution in [3.63, 3.8) is 0 Å². The van der Waals surface area contributed by atoms with Gasteiger partial charge in [-0.3, -0.25) is 14.4 Å². The number of H-pyrrole nitrogens is 1. The van der Waals surface area contributed by atoms with Crippen molar-refractivity contribution in [2.24, 2.45) is 11.7 Å². The molecule has 1 heterocycles. The van der Waals surface area contributed by atoms with Crippen LogP contribution in [0.15, 0.2) is 12.5 Å². The molecule has 32 heavy (non-hydrogen) atoms. The fourth-order valence-electron chi connectivity index (χ4n) is 2.89. The summed E-state index contributed by atoms with van der Waals surface area (Å²) >= 11 is 1.48. The highest BCUT2D eigenvalue weighted by Gasteiger charge is 2.29. The summed E-state index contributed by atoms with van der Waals surface area (Å²) in [6.45, 7) is 5.38. The molecule has 0 radical (unpaired) electrons. The Morgan fingerprint density at radius 2 is 1.75 bits per heavy atom. The number of carbonyl (C=O) groups is 4. The minimum Gasteiger partial charge on any atom is -0.480 e. The van der Waals surface area contributed by atoms with Crippen LogP contribution < -0.4 is 21.7 Å². The summed E-state index contributed by atoms with van der Waals surface area (Å²) in [7, 11) is 0. The summed E-state index contributed by atoms with van der Waals surface area (Å²) in [5.74, 6) is -2.04. The van der Waals surface area contributed by atoms with Crippen LogP contribution in [0.1, 0.15) is 39.3 Å². The second-order valence-electron chi connectivity index (χ2n) is 7.99. The molecular formula is C20H34N6O5S. The van der Waals surface area contributed by atoms with Crippen molar-refractivity contribution in [1.82, 2.24) is 25.9 Å². The van der Waals surface area contributed by atoms with Gasteiger partial charge in [-0.2, -0.15) is 11.8 Å². The van der Waals surface area contributed by atoms with Gasteiger partial charge in [0.2, 0.25) is 17.7 Å². The molecule has 0 aliphatic heterocycles. The number of nitrogens with two attached hydrogens (primary N) is 1. The number of thioether (sulfide) groups is 1. The van der Waals surface area contributed by atoms with Gasteiger partial charge in [-0.15, -0.1) is 0 Å². The number of imidazole rings is 1. The van der Waals surface area contributed by atoms with Gasteiger partial charge in [0.15, 0.2) is 0 Å². The average Bonchev–Trinajstić information content (AvgIpc) is 3.22. The third-order valence-electron chi connectivity index (χ3n) is 4.65. The van der Waals surface area contributed by atoms with Crippen molar-refractivity contribution >= 4 is 35.5 Å². The topological polar surface area (TPSA) is 179 Å². The fraction of sp³-hybridized carbons (Fsp3) is 0.650. The molecule has 0 aromatic carbocycles. The molecule has 0 bridgehead atoms. The van der Waals surface area contributed by atoms with E-state index >= 15 is 0 Å². The summed E-state index contributed by atoms with van der Waals surface area (Å²) in [6.07, 6.45) is 5.54. The maximum atomic E-state index is 12.8. The van der Waals surface area contributed by atoms with Crippen molar-refractivity contribution in [2.45, 2.75) is 64.2 Å². The van der Waals surface area contributed by atoms with Crippen LogP contribution in [0.4, 0.5) is 0 Å². The molecule has 0 saturated carbocycles. The average molecular weight is 471 g/mol. The minimum absolute atomic E-state index is 0.0183. The SMILES string of the molecule is CSCCC(NC(=O)C(C)NC(=O)C(N)CC(C)C)C(=O)NC(Cc1cnc[nH]1)C(=O)O. The van der Waals surface area contributed by atoms with Gasteiger partial charge < -0.3 is 31.8 Å². The molecule has 7 N–H and O–H groups in total. The van der Waals surface area contributed by atoms with E-state index in [4.69, 9.17) is 5.73 Å². The quantitative estimate of drug-likeness (QED) is 0.213. The third-order valence-corrected chi connectivity index (χ3v) is 5.30. The highest BCUT2D eigenvalue weighted by Crippen LogP contribution is 2.06. The Bertz CT molecular complexity index is 758. The Balaban J connectivity index is 2.76. The molecule has 0 spiro atoms. The number of carboxylic acids is 1. The smallest absolute Gasteiger partial charge is 0.326 e. The van der Waals surface area contributed by atoms with Crippen LogP contribution in [0, 0.1) is 5.92 Å². The zero-order chi connectivity index (χ0) is 24.3. The molecule has 1 rings (SSSR count). The van der Waals surface area contributed by atoms with E-state index < -0.39 is 47.9 Å². The van der Waals surface area contributed by atoms with Crippen molar-refractivity contribution in [1.29, 1.82) is 0 Å². The molecule has 4 unspecified atom stereocenters. The lowest BCUT2D eigenvalue weighted by Gasteiger charge is -2.23. The highest BCUT2D eigenvalue weighted by atomic mass is 32.2. The lowest BCUT2D eigenvalue weighted by atomic mass is 10.0. The van der Waals surface area contributed by atoms with E-state index in [0.29, 0.717) is 24.3 Å². The summed E-state index contributed by atoms with van der Waals surface area (Å²) in [5.41, 5.74) is 6.40. The second kappa shape index (κ2) is 13.7. The summed E-state index contributed by atoms with van der Waals surface area (Å²) in [6, 6.07) is -3.80. The Hall–Kier alpha value is -2.60. The van der Waals surface area contributed by atoms with Crippen LogP contribution in [0.25, 0.3) is 0 Å². The van der Waals surface area contributed by atoms with Gasteiger partial charge in [0.05, 0.1) is 12.4 Å². The molecule has 4 atom stereocenters. The second-order valence-corrected chi connectivity index (χ2v) is 8.97. The number of aromatic nitrogens is 2. The van der Waals surface area contributed by atoms with Crippen LogP contribution in [0.3, 0.4) is 0 Å². The van der Waals surface area contributed by atoms with Gasteiger partial charge in [0.1, 0.15) is 18.1 Å². The zero-order valence-corrected chi connectivity index (χ0v) is 19.7. The van der Waals surface area contributed by atoms with E-state index in [1.54, 1.807) is 0 Å². The highest BCUT2D eigenvalue weighted by molar-refractivity contribution is 7.98. The lowest BCUT2D eigenvalue weighted by Crippen LogP contribution is -2.56. The molecule has 0 fully saturated rings. The van der Waals surface area contributed by atoms with Crippen LogP contribution in [0.2, 0.25) is 0 Å². The predicted octanol–water partition coefficient (Wildman–Crippen LogP) is -0.362. The Morgan fingerprint density at radius 1 is 1.09 bits per heavy atom. The number of hydrogen-bond donors (Lipinski definition) is 6. The van der Waals surface area contributed by atoms with Crippen LogP contribution in [0.5, 0.6) is 0 Å². The molecule has 180 valence electrons. The summed E-state index contributed by atoms with van der Waals surface area (Å²) in [4.78, 5) is 55.8. The lowest BCUT2D eigenvalue weighted by molar-refractivity contribution is -0.142. The number of amides is 3. The van der Waals surface area contributed by atoms with E-state index in [2.05, 4.69) is 25.9 Å². The molecule has 1 aromatic rings. The first-order chi connectivity index (χ1) is 15.0. The van der Waals surface area contributed by atoms with Gasteiger partial charge >= 0.3 is 5.97 Å². The Kier molecular flexibility index (Phi) is 11.8. The maximum Gasteiger partial charge on any atom is 0.326 e. The van der Waals surface area contributed by atoms with Gasteiger partial charge in [-0.05, 0) is 37.7 Å². The molecule has 0 aliphatic carbocycles. The van der Waals surface area contributed by atoms with Gasteiger partial charge in [0.25, 0.3) is 0 Å². The minimum atomic E-state index is -1.21. The van der Waals surface area contributed by atoms with Crippen LogP contribution in [-0.4, -0.2) is 74.9 Å². The zero-order valence-electron chi connectivity index (χ0n) is 18.9. The molecule has 11 nitrogen and oxygen atoms in total. The van der Waals surface area contributed by atoms with Crippen LogP contribution >= 0.6 is 11.8 Å². The Morgan fingerprint density at radius 3 is 2.28 bits per heavy atom. The van der Waals surface area contributed by atoms with Gasteiger partial charge in [-0.25, -0.2) is 9.78 Å². The number of aliphatic carboxylic acids is 1. The molecule has 1 aromatic heterocycles. The van der Waals surface area contributed by atoms with Gasteiger partial charge in [0, 0.05) is 18.3 Å². The number of nitrogens with zero attached hydrogens (tertiary/aromatic N) is 1. The van der Waals surface area contributed by atoms with Crippen LogP contribution in [-0.2, 0) is 25.6 Å². The predicted molar refractivity (Wildman–Crippen MR) is 122 cm³/mol. The van der Waals surface area contributed by atoms with Crippen molar-refractivity contribution in [3.8, 4) is 0 Å². The first kappa shape index (κ1) is 27.4. The Labute approximate surface area is 192 Å². The fourth-order valence-corrected chi connectivity index (χ4v) is 3.36. The van der Waals surface area contributed by atoms with E-state index in [-0.39, 0.29) is 12.3 Å². The number of carboxylic acid groups (broad SMARTS) is 1. The maximum absolute atomic E-state index is 12.8. The number of nitrogens with one attached hydrogen (secondary N) is 4. The first-order valence-corrected chi connectivity index (χ1v) is 11.8. The molecular weight excluding hydrogens is 436 g/mol. The van der Waals surface area contributed by atoms with Crippen molar-refractivity contribution in [2.75, 3.05) is 12.0 Å². The standard InChI is InChI=1S/C20H34N6O5S/c1-11(2)7-14(21)18(28)24-12(3)17(27)25-15(5-6-32-4)19(29)26-16(20(30)31)8-13-9-22-10-23-13/h9-12,14-16H,5-8,21H2,1-4H3,(H,22,23)(H,24,28)(H,25,27)(H,26,29)(H,30,31). The summed E-state index contributed by atoms with van der Waals surface area (Å²) in [5, 5.41) is 17.1. The first-order valence-electron chi connectivity index (χ1n) is 10.4. The normalized spacial score (nSPS) is 14.8. The number of carbonyl (C=O) groups excluding carboxylic acids is 3. The molecule has 12 heteroatoms. The molecule has 3 amide bonds. The van der Waals surface area contributed by atoms with E-state index in [0.717, 1.165) is 0 Å². The van der Waals surface area contributed by atoms with E-state index in [9.17, 15) is 24.3 Å². The number of rotatable bonds is 14. The number of aromatic amines is 1. The van der Waals surface area contributed by atoms with E-state index in [1.807, 2.05) is 20.1 Å². The van der Waals surface area contributed by atoms with Crippen molar-refractivity contribution in [3.05, 3.63) is 18.2 Å². The van der Waals surface area contributed by atoms with Gasteiger partial charge in [-0.1, -0.05) is 13.8 Å². The number of hydrogen-bond acceptors (Lipinski definition) is 7. The monoisotopic (exact) mass is 470 g/mol. The molecule has 0 aliphatic rings. The molecule has 0 saturated heterocycles. The van der Waals surface area contributed by atoms with Crippen molar-refractivity contribution < 1.29 is 24.3 Å². The summed E-state index contributed by atoms with van der Waals surface area (Å²) < 4.78 is 0. The largest absolute Gasteiger partial charge is 0.480 e. The third kappa shape index (κ3) is 9.69. The van der Waals surface area contributed by atoms with E-state index in [1.165, 1.54) is 31.2 Å².